The fourth-order valence-corrected chi connectivity index (χ4v) is 0.521. The van der Waals surface area contributed by atoms with E-state index in [2.05, 4.69) is 24.3 Å². The van der Waals surface area contributed by atoms with E-state index in [-0.39, 0.29) is 21.1 Å². The van der Waals surface area contributed by atoms with E-state index in [1.165, 1.54) is 0 Å². The molecule has 1 rings (SSSR count). The molecule has 1 aliphatic carbocycles. The van der Waals surface area contributed by atoms with Crippen molar-refractivity contribution >= 4 is 20.4 Å². The van der Waals surface area contributed by atoms with Gasteiger partial charge in [-0.1, -0.05) is 36.5 Å². The molecular weight excluding hydrogens is 264 g/mol. The first-order valence-corrected chi connectivity index (χ1v) is 3.35. The number of allylic oxidation sites excluding steroid dienone is 6. The third kappa shape index (κ3) is 30.7. The van der Waals surface area contributed by atoms with Crippen LogP contribution in [0.4, 0.5) is 0 Å². The van der Waals surface area contributed by atoms with Crippen LogP contribution in [0.15, 0.2) is 36.5 Å². The summed E-state index contributed by atoms with van der Waals surface area (Å²) in [6.45, 7) is 6.00. The Morgan fingerprint density at radius 3 is 1.21 bits per heavy atom. The third-order valence-corrected chi connectivity index (χ3v) is 0.878. The number of hydrogen-bond acceptors (Lipinski definition) is 3. The molecule has 0 N–H and O–H groups in total. The van der Waals surface area contributed by atoms with Crippen LogP contribution in [-0.4, -0.2) is 20.4 Å². The molecule has 14 heavy (non-hydrogen) atoms. The molecule has 0 aliphatic heterocycles. The molecule has 0 aromatic rings. The minimum atomic E-state index is 0. The van der Waals surface area contributed by atoms with Gasteiger partial charge in [0.05, 0.1) is 0 Å². The Morgan fingerprint density at radius 1 is 0.643 bits per heavy atom. The molecule has 3 nitrogen and oxygen atoms in total. The first-order chi connectivity index (χ1) is 6.50. The summed E-state index contributed by atoms with van der Waals surface area (Å²) in [5.41, 5.74) is 0. The standard InChI is InChI=1S/C7H8.3CH2O.Mo/c1-2-4-6-7-5-3-1;3*1-2;/h1-6H,7H2;3*1H2;. The summed E-state index contributed by atoms with van der Waals surface area (Å²) >= 11 is 0. The van der Waals surface area contributed by atoms with Crippen LogP contribution in [-0.2, 0) is 35.4 Å². The van der Waals surface area contributed by atoms with Crippen LogP contribution >= 0.6 is 0 Å². The van der Waals surface area contributed by atoms with Gasteiger partial charge in [-0.2, -0.15) is 0 Å². The largest absolute Gasteiger partial charge is 0.307 e. The summed E-state index contributed by atoms with van der Waals surface area (Å²) in [4.78, 5) is 24.0. The van der Waals surface area contributed by atoms with Crippen LogP contribution in [0.3, 0.4) is 0 Å². The number of carbonyl (C=O) groups is 3. The summed E-state index contributed by atoms with van der Waals surface area (Å²) in [5, 5.41) is 0. The SMILES string of the molecule is C1=CC=CCC=C1.C=O.C=O.C=O.[Mo]. The van der Waals surface area contributed by atoms with E-state index in [9.17, 15) is 0 Å². The van der Waals surface area contributed by atoms with Crippen molar-refractivity contribution in [2.24, 2.45) is 0 Å². The van der Waals surface area contributed by atoms with Gasteiger partial charge in [0.25, 0.3) is 0 Å². The topological polar surface area (TPSA) is 51.2 Å². The molecular formula is C10H14MoO3. The zero-order chi connectivity index (χ0) is 10.9. The molecule has 0 aromatic heterocycles. The van der Waals surface area contributed by atoms with Crippen molar-refractivity contribution in [1.82, 2.24) is 0 Å². The van der Waals surface area contributed by atoms with E-state index < -0.39 is 0 Å². The number of carbonyl (C=O) groups excluding carboxylic acids is 3. The molecule has 0 saturated carbocycles. The Kier molecular flexibility index (Phi) is 66.8. The minimum Gasteiger partial charge on any atom is -0.307 e. The van der Waals surface area contributed by atoms with Gasteiger partial charge in [0.1, 0.15) is 20.4 Å². The second-order valence-electron chi connectivity index (χ2n) is 1.48. The normalized spacial score (nSPS) is 9.43. The van der Waals surface area contributed by atoms with E-state index in [1.807, 2.05) is 32.5 Å². The predicted molar refractivity (Wildman–Crippen MR) is 53.4 cm³/mol. The zero-order valence-corrected chi connectivity index (χ0v) is 9.93. The van der Waals surface area contributed by atoms with Crippen LogP contribution in [0.2, 0.25) is 0 Å². The van der Waals surface area contributed by atoms with E-state index >= 15 is 0 Å². The van der Waals surface area contributed by atoms with Gasteiger partial charge in [-0.15, -0.1) is 0 Å². The van der Waals surface area contributed by atoms with Gasteiger partial charge in [-0.25, -0.2) is 0 Å². The van der Waals surface area contributed by atoms with Crippen LogP contribution in [0, 0.1) is 0 Å². The number of hydrogen-bond donors (Lipinski definition) is 0. The molecule has 0 unspecified atom stereocenters. The first-order valence-electron chi connectivity index (χ1n) is 3.35. The van der Waals surface area contributed by atoms with E-state index in [4.69, 9.17) is 14.4 Å². The third-order valence-electron chi connectivity index (χ3n) is 0.878. The molecule has 1 aliphatic rings. The molecule has 4 heteroatoms. The van der Waals surface area contributed by atoms with Crippen molar-refractivity contribution in [3.05, 3.63) is 36.5 Å². The van der Waals surface area contributed by atoms with Gasteiger partial charge in [0, 0.05) is 21.1 Å². The van der Waals surface area contributed by atoms with Crippen LogP contribution in [0.25, 0.3) is 0 Å². The molecule has 0 spiro atoms. The van der Waals surface area contributed by atoms with Crippen LogP contribution in [0.5, 0.6) is 0 Å². The fraction of sp³-hybridized carbons (Fsp3) is 0.100. The Labute approximate surface area is 98.8 Å². The minimum absolute atomic E-state index is 0. The van der Waals surface area contributed by atoms with Gasteiger partial charge in [0.15, 0.2) is 0 Å². The quantitative estimate of drug-likeness (QED) is 0.631. The van der Waals surface area contributed by atoms with E-state index in [0.29, 0.717) is 0 Å². The molecule has 0 heterocycles. The maximum atomic E-state index is 8.00. The van der Waals surface area contributed by atoms with Crippen molar-refractivity contribution < 1.29 is 35.4 Å². The molecule has 0 atom stereocenters. The van der Waals surface area contributed by atoms with Crippen LogP contribution in [0.1, 0.15) is 6.42 Å². The van der Waals surface area contributed by atoms with Crippen molar-refractivity contribution in [1.29, 1.82) is 0 Å². The molecule has 0 aromatic carbocycles. The van der Waals surface area contributed by atoms with Gasteiger partial charge < -0.3 is 14.4 Å². The zero-order valence-electron chi connectivity index (χ0n) is 7.93. The average molecular weight is 278 g/mol. The summed E-state index contributed by atoms with van der Waals surface area (Å²) in [6, 6.07) is 0. The summed E-state index contributed by atoms with van der Waals surface area (Å²) in [7, 11) is 0. The summed E-state index contributed by atoms with van der Waals surface area (Å²) < 4.78 is 0. The van der Waals surface area contributed by atoms with Crippen molar-refractivity contribution in [2.45, 2.75) is 6.42 Å². The Bertz CT molecular complexity index is 146. The maximum absolute atomic E-state index is 8.00. The first kappa shape index (κ1) is 23.1. The van der Waals surface area contributed by atoms with Crippen LogP contribution < -0.4 is 0 Å². The Balaban J connectivity index is -0.0000000625. The summed E-state index contributed by atoms with van der Waals surface area (Å²) in [6.07, 6.45) is 13.5. The van der Waals surface area contributed by atoms with Gasteiger partial charge in [-0.3, -0.25) is 0 Å². The molecule has 78 valence electrons. The molecule has 0 bridgehead atoms. The van der Waals surface area contributed by atoms with Gasteiger partial charge in [0.2, 0.25) is 0 Å². The monoisotopic (exact) mass is 280 g/mol. The number of rotatable bonds is 0. The predicted octanol–water partition coefficient (Wildman–Crippen LogP) is 1.50. The van der Waals surface area contributed by atoms with Gasteiger partial charge >= 0.3 is 0 Å². The van der Waals surface area contributed by atoms with E-state index in [0.717, 1.165) is 6.42 Å². The molecule has 0 radical (unpaired) electrons. The van der Waals surface area contributed by atoms with Crippen molar-refractivity contribution in [2.75, 3.05) is 0 Å². The fourth-order valence-electron chi connectivity index (χ4n) is 0.521. The Hall–Kier alpha value is -1.08. The smallest absolute Gasteiger partial charge is 0.106 e. The van der Waals surface area contributed by atoms with Crippen molar-refractivity contribution in [3.8, 4) is 0 Å². The second kappa shape index (κ2) is 40.6. The molecule has 0 fully saturated rings. The molecule has 0 saturated heterocycles. The maximum Gasteiger partial charge on any atom is 0.106 e. The van der Waals surface area contributed by atoms with Gasteiger partial charge in [-0.05, 0) is 6.42 Å². The average Bonchev–Trinajstić information content (AvgIpc) is 2.58. The molecule has 0 amide bonds. The Morgan fingerprint density at radius 2 is 0.929 bits per heavy atom. The van der Waals surface area contributed by atoms with Crippen molar-refractivity contribution in [3.63, 3.8) is 0 Å². The second-order valence-corrected chi connectivity index (χ2v) is 1.48. The van der Waals surface area contributed by atoms with E-state index in [1.54, 1.807) is 0 Å². The summed E-state index contributed by atoms with van der Waals surface area (Å²) in [5.74, 6) is 0.